The van der Waals surface area contributed by atoms with Gasteiger partial charge in [-0.3, -0.25) is 28.3 Å². The summed E-state index contributed by atoms with van der Waals surface area (Å²) in [6.07, 6.45) is 0. The molecule has 16 heteroatoms. The first-order valence-electron chi connectivity index (χ1n) is 28.6. The third-order valence-electron chi connectivity index (χ3n) is 15.1. The lowest BCUT2D eigenvalue weighted by Crippen LogP contribution is -2.18. The van der Waals surface area contributed by atoms with Gasteiger partial charge in [-0.2, -0.15) is 0 Å². The summed E-state index contributed by atoms with van der Waals surface area (Å²) in [6.45, 7) is 13.9. The van der Waals surface area contributed by atoms with Crippen LogP contribution in [0.3, 0.4) is 0 Å². The predicted molar refractivity (Wildman–Crippen MR) is 349 cm³/mol. The van der Waals surface area contributed by atoms with Gasteiger partial charge >= 0.3 is 15.2 Å². The van der Waals surface area contributed by atoms with E-state index in [4.69, 9.17) is 28.7 Å². The monoisotopic (exact) mass is 1240 g/mol. The zero-order valence-electron chi connectivity index (χ0n) is 50.7. The Hall–Kier alpha value is -9.62. The Kier molecular flexibility index (Phi) is 19.5. The summed E-state index contributed by atoms with van der Waals surface area (Å²) in [5.74, 6) is 1.99. The summed E-state index contributed by atoms with van der Waals surface area (Å²) in [5.41, 5.74) is 7.35. The van der Waals surface area contributed by atoms with Crippen LogP contribution >= 0.6 is 15.2 Å². The molecule has 90 heavy (non-hydrogen) atoms. The summed E-state index contributed by atoms with van der Waals surface area (Å²) in [7, 11) is -7.51. The van der Waals surface area contributed by atoms with E-state index in [9.17, 15) is 38.1 Å². The lowest BCUT2D eigenvalue weighted by Gasteiger charge is -2.26. The third-order valence-corrected chi connectivity index (χ3v) is 17.0. The zero-order valence-corrected chi connectivity index (χ0v) is 52.5. The van der Waals surface area contributed by atoms with E-state index >= 15 is 0 Å². The zero-order chi connectivity index (χ0) is 64.7. The van der Waals surface area contributed by atoms with Crippen molar-refractivity contribution in [3.63, 3.8) is 0 Å². The molecule has 0 aromatic heterocycles. The van der Waals surface area contributed by atoms with Crippen LogP contribution < -0.4 is 29.6 Å². The Bertz CT molecular complexity index is 4370. The molecule has 0 saturated heterocycles. The van der Waals surface area contributed by atoms with Gasteiger partial charge in [-0.15, -0.1) is 0 Å². The molecule has 0 spiro atoms. The van der Waals surface area contributed by atoms with Crippen LogP contribution in [-0.4, -0.2) is 49.8 Å². The van der Waals surface area contributed by atoms with Gasteiger partial charge in [0.15, 0.2) is 23.1 Å². The maximum Gasteiger partial charge on any atom is 0.359 e. The molecule has 0 aliphatic rings. The number of carbonyl (C=O) groups excluding carboxylic acids is 4. The number of ketones is 4. The van der Waals surface area contributed by atoms with Crippen molar-refractivity contribution in [3.05, 3.63) is 303 Å². The van der Waals surface area contributed by atoms with E-state index in [1.807, 2.05) is 88.4 Å². The van der Waals surface area contributed by atoms with E-state index in [1.165, 1.54) is 25.3 Å². The second kappa shape index (κ2) is 27.0. The van der Waals surface area contributed by atoms with E-state index in [0.717, 1.165) is 27.8 Å². The maximum atomic E-state index is 13.7. The molecule has 0 amide bonds. The highest BCUT2D eigenvalue weighted by atomic mass is 31.2. The number of methoxy groups -OCH3 is 1. The fourth-order valence-corrected chi connectivity index (χ4v) is 11.3. The minimum atomic E-state index is -4.67. The molecule has 0 heterocycles. The molecule has 4 N–H and O–H groups in total. The van der Waals surface area contributed by atoms with Crippen LogP contribution in [0.2, 0.25) is 0 Å². The Morgan fingerprint density at radius 1 is 0.333 bits per heavy atom. The van der Waals surface area contributed by atoms with Gasteiger partial charge in [-0.1, -0.05) is 137 Å². The van der Waals surface area contributed by atoms with Crippen molar-refractivity contribution < 1.29 is 66.8 Å². The molecular weight excluding hydrogens is 1170 g/mol. The quantitative estimate of drug-likeness (QED) is 0.0437. The molecule has 10 aromatic carbocycles. The van der Waals surface area contributed by atoms with Gasteiger partial charge in [-0.25, -0.2) is 0 Å². The summed E-state index contributed by atoms with van der Waals surface area (Å²) < 4.78 is 46.4. The molecule has 14 nitrogen and oxygen atoms in total. The Morgan fingerprint density at radius 3 is 0.978 bits per heavy atom. The minimum Gasteiger partial charge on any atom is -0.496 e. The number of hydrogen-bond donors (Lipinski definition) is 4. The van der Waals surface area contributed by atoms with Crippen molar-refractivity contribution in [1.29, 1.82) is 0 Å². The molecule has 0 aliphatic carbocycles. The number of ether oxygens (including phenoxy) is 4. The van der Waals surface area contributed by atoms with Crippen molar-refractivity contribution in [1.82, 2.24) is 0 Å². The fourth-order valence-electron chi connectivity index (χ4n) is 9.77. The summed E-state index contributed by atoms with van der Waals surface area (Å²) in [6, 6.07) is 65.8. The van der Waals surface area contributed by atoms with Crippen molar-refractivity contribution in [2.24, 2.45) is 0 Å². The average Bonchev–Trinajstić information content (AvgIpc) is 0.996. The van der Waals surface area contributed by atoms with E-state index in [1.54, 1.807) is 159 Å². The number of benzene rings is 10. The van der Waals surface area contributed by atoms with Gasteiger partial charge in [0.1, 0.15) is 50.9 Å². The Balaban J connectivity index is 0.000000657. The number of carbonyl (C=O) groups is 4. The third kappa shape index (κ3) is 15.8. The Morgan fingerprint density at radius 2 is 0.633 bits per heavy atom. The lowest BCUT2D eigenvalue weighted by atomic mass is 9.78. The molecule has 456 valence electrons. The summed E-state index contributed by atoms with van der Waals surface area (Å²) >= 11 is 0. The van der Waals surface area contributed by atoms with Gasteiger partial charge in [0.25, 0.3) is 0 Å². The number of hydrogen-bond acceptors (Lipinski definition) is 10. The van der Waals surface area contributed by atoms with Crippen LogP contribution in [0.15, 0.2) is 231 Å². The van der Waals surface area contributed by atoms with E-state index in [2.05, 4.69) is 13.8 Å². The molecule has 0 aliphatic heterocycles. The van der Waals surface area contributed by atoms with Crippen LogP contribution in [-0.2, 0) is 20.0 Å². The van der Waals surface area contributed by atoms with Crippen molar-refractivity contribution >= 4 is 48.9 Å². The second-order valence-electron chi connectivity index (χ2n) is 23.1. The van der Waals surface area contributed by atoms with Crippen LogP contribution in [0.5, 0.6) is 40.2 Å². The van der Waals surface area contributed by atoms with Gasteiger partial charge in [0.05, 0.1) is 7.11 Å². The van der Waals surface area contributed by atoms with Crippen molar-refractivity contribution in [2.75, 3.05) is 7.11 Å². The fraction of sp³-hybridized carbons (Fsp3) is 0.135. The molecule has 0 atom stereocenters. The summed E-state index contributed by atoms with van der Waals surface area (Å²) in [4.78, 5) is 91.8. The van der Waals surface area contributed by atoms with E-state index in [-0.39, 0.29) is 61.8 Å². The van der Waals surface area contributed by atoms with Crippen molar-refractivity contribution in [3.8, 4) is 40.2 Å². The smallest absolute Gasteiger partial charge is 0.359 e. The predicted octanol–water partition coefficient (Wildman–Crippen LogP) is 15.5. The first-order chi connectivity index (χ1) is 42.6. The SMILES string of the molecule is COc1ccc(C)cc1P(=O)(O)O.Cc1ccc(C(=O)c2cccc(C(=O)c3ccc(Oc4ccc(C(C)(C)c5ccc(Oc6ccc(C(=O)c7cccc(C(=O)c8ccc(Oc9ccc(C(C)(C)C)cc9P(=O)(O)O)cc8)c7)cc6)cc5)cc4)cc3)c2)cc1. The van der Waals surface area contributed by atoms with Gasteiger partial charge in [0, 0.05) is 49.9 Å². The van der Waals surface area contributed by atoms with Crippen LogP contribution in [0.4, 0.5) is 0 Å². The molecule has 0 unspecified atom stereocenters. The van der Waals surface area contributed by atoms with Gasteiger partial charge in [0.2, 0.25) is 0 Å². The molecule has 0 radical (unpaired) electrons. The number of aryl methyl sites for hydroxylation is 2. The van der Waals surface area contributed by atoms with Crippen LogP contribution in [0.25, 0.3) is 0 Å². The molecule has 0 fully saturated rings. The minimum absolute atomic E-state index is 0.0202. The Labute approximate surface area is 522 Å². The molecule has 10 aromatic rings. The molecular formula is C74H66O14P2. The van der Waals surface area contributed by atoms with Gasteiger partial charge in [-0.05, 0) is 175 Å². The highest BCUT2D eigenvalue weighted by Gasteiger charge is 2.28. The highest BCUT2D eigenvalue weighted by Crippen LogP contribution is 2.41. The van der Waals surface area contributed by atoms with Crippen LogP contribution in [0.1, 0.15) is 126 Å². The topological polar surface area (TPSA) is 220 Å². The standard InChI is InChI=1S/C66H55O10P.C8H11O4P/c1-42-13-15-43(16-14-42)61(67)47-9-7-10-48(39-47)62(68)44-17-28-54(29-18-44)74-56-34-23-51(24-35-56)66(5,6)52-25-36-57(37-26-52)75-55-30-19-45(20-31-55)63(69)49-11-8-12-50(40-49)64(70)46-21-32-58(33-22-46)76-59-38-27-53(65(2,3)4)41-60(59)77(71,72)73;1-6-3-4-7(12-2)8(5-6)13(9,10)11/h7-41H,1-6H3,(H2,71,72,73);3-5H,1-2H3,(H2,9,10,11). The van der Waals surface area contributed by atoms with Crippen molar-refractivity contribution in [2.45, 2.75) is 59.3 Å². The maximum absolute atomic E-state index is 13.7. The highest BCUT2D eigenvalue weighted by molar-refractivity contribution is 7.60. The first kappa shape index (κ1) is 64.8. The first-order valence-corrected chi connectivity index (χ1v) is 31.8. The lowest BCUT2D eigenvalue weighted by molar-refractivity contribution is 0.102. The molecule has 0 bridgehead atoms. The number of rotatable bonds is 19. The average molecular weight is 1240 g/mol. The largest absolute Gasteiger partial charge is 0.496 e. The molecule has 0 saturated carbocycles. The second-order valence-corrected chi connectivity index (χ2v) is 26.2. The normalized spacial score (nSPS) is 11.6. The van der Waals surface area contributed by atoms with E-state index in [0.29, 0.717) is 67.5 Å². The molecule has 10 rings (SSSR count). The van der Waals surface area contributed by atoms with E-state index < -0.39 is 15.2 Å². The summed E-state index contributed by atoms with van der Waals surface area (Å²) in [5, 5.41) is -0.281. The van der Waals surface area contributed by atoms with Crippen LogP contribution in [0, 0.1) is 13.8 Å². The van der Waals surface area contributed by atoms with Gasteiger partial charge < -0.3 is 38.5 Å².